The third-order valence-corrected chi connectivity index (χ3v) is 9.08. The minimum absolute atomic E-state index is 0.0499. The van der Waals surface area contributed by atoms with E-state index in [1.165, 1.54) is 22.3 Å². The molecule has 3 aliphatic rings. The average molecular weight is 367 g/mol. The van der Waals surface area contributed by atoms with Gasteiger partial charge in [-0.15, -0.1) is 0 Å². The Balaban J connectivity index is 1.59. The van der Waals surface area contributed by atoms with Crippen LogP contribution < -0.4 is 0 Å². The largest absolute Gasteiger partial charge is 0.385 e. The van der Waals surface area contributed by atoms with Crippen molar-refractivity contribution in [1.82, 2.24) is 0 Å². The Morgan fingerprint density at radius 1 is 0.962 bits per heavy atom. The summed E-state index contributed by atoms with van der Waals surface area (Å²) >= 11 is 0. The van der Waals surface area contributed by atoms with Gasteiger partial charge < -0.3 is 5.11 Å². The van der Waals surface area contributed by atoms with Crippen molar-refractivity contribution in [2.45, 2.75) is 67.5 Å². The fourth-order valence-electron chi connectivity index (χ4n) is 5.51. The molecule has 2 heterocycles. The number of aliphatic hydroxyl groups is 1. The lowest BCUT2D eigenvalue weighted by molar-refractivity contribution is 0.00646. The van der Waals surface area contributed by atoms with Crippen molar-refractivity contribution in [3.63, 3.8) is 0 Å². The van der Waals surface area contributed by atoms with E-state index in [2.05, 4.69) is 56.3 Å². The minimum atomic E-state index is -0.830. The fraction of sp³-hybridized carbons (Fsp3) is 0.478. The third-order valence-electron chi connectivity index (χ3n) is 6.96. The van der Waals surface area contributed by atoms with Crippen molar-refractivity contribution in [2.75, 3.05) is 0 Å². The fourth-order valence-corrected chi connectivity index (χ4v) is 7.73. The summed E-state index contributed by atoms with van der Waals surface area (Å²) in [6, 6.07) is 15.2. The highest BCUT2D eigenvalue weighted by molar-refractivity contribution is 7.86. The van der Waals surface area contributed by atoms with Gasteiger partial charge in [0.1, 0.15) is 0 Å². The van der Waals surface area contributed by atoms with Crippen LogP contribution in [0.3, 0.4) is 0 Å². The molecule has 0 aromatic heterocycles. The van der Waals surface area contributed by atoms with Crippen molar-refractivity contribution in [2.24, 2.45) is 0 Å². The average Bonchev–Trinajstić information content (AvgIpc) is 2.85. The molecule has 26 heavy (non-hydrogen) atoms. The molecule has 0 saturated carbocycles. The first-order valence-corrected chi connectivity index (χ1v) is 11.0. The zero-order chi connectivity index (χ0) is 18.1. The van der Waals surface area contributed by atoms with Gasteiger partial charge in [0.05, 0.1) is 5.60 Å². The van der Waals surface area contributed by atoms with Gasteiger partial charge in [0, 0.05) is 26.7 Å². The zero-order valence-corrected chi connectivity index (χ0v) is 16.3. The molecule has 136 valence electrons. The highest BCUT2D eigenvalue weighted by atomic mass is 32.2. The van der Waals surface area contributed by atoms with Crippen LogP contribution >= 0.6 is 0 Å². The van der Waals surface area contributed by atoms with E-state index < -0.39 is 16.4 Å². The molecule has 2 aromatic carbocycles. The SMILES string of the molecule is CC1(C)c2ccccc2-c2ccc(C3(O)CC4CCCC(C3)S4=O)cc21. The number of benzene rings is 2. The maximum absolute atomic E-state index is 12.6. The molecule has 2 atom stereocenters. The second kappa shape index (κ2) is 5.53. The molecule has 5 rings (SSSR count). The van der Waals surface area contributed by atoms with Crippen LogP contribution in [0.15, 0.2) is 42.5 Å². The summed E-state index contributed by atoms with van der Waals surface area (Å²) < 4.78 is 12.6. The summed E-state index contributed by atoms with van der Waals surface area (Å²) in [5.74, 6) is 0. The Morgan fingerprint density at radius 3 is 2.35 bits per heavy atom. The molecular formula is C23H26O2S. The zero-order valence-electron chi connectivity index (χ0n) is 15.5. The molecule has 3 heteroatoms. The molecule has 2 bridgehead atoms. The van der Waals surface area contributed by atoms with Crippen LogP contribution in [0.25, 0.3) is 11.1 Å². The Labute approximate surface area is 158 Å². The van der Waals surface area contributed by atoms with E-state index in [1.807, 2.05) is 0 Å². The summed E-state index contributed by atoms with van der Waals surface area (Å²) in [6.07, 6.45) is 4.43. The first-order valence-electron chi connectivity index (χ1n) is 9.77. The monoisotopic (exact) mass is 366 g/mol. The van der Waals surface area contributed by atoms with Gasteiger partial charge in [-0.2, -0.15) is 0 Å². The van der Waals surface area contributed by atoms with E-state index in [1.54, 1.807) is 0 Å². The third kappa shape index (κ3) is 2.23. The van der Waals surface area contributed by atoms with Gasteiger partial charge in [0.15, 0.2) is 0 Å². The molecule has 2 fully saturated rings. The van der Waals surface area contributed by atoms with Gasteiger partial charge >= 0.3 is 0 Å². The number of rotatable bonds is 1. The number of hydrogen-bond donors (Lipinski definition) is 1. The molecular weight excluding hydrogens is 340 g/mol. The Morgan fingerprint density at radius 2 is 1.62 bits per heavy atom. The Bertz CT molecular complexity index is 898. The van der Waals surface area contributed by atoms with Crippen LogP contribution in [0.4, 0.5) is 0 Å². The van der Waals surface area contributed by atoms with E-state index >= 15 is 0 Å². The van der Waals surface area contributed by atoms with Crippen LogP contribution in [0, 0.1) is 0 Å². The Hall–Kier alpha value is -1.45. The molecule has 0 spiro atoms. The lowest BCUT2D eigenvalue weighted by atomic mass is 9.77. The van der Waals surface area contributed by atoms with E-state index in [0.717, 1.165) is 24.8 Å². The molecule has 2 aromatic rings. The van der Waals surface area contributed by atoms with Gasteiger partial charge in [-0.05, 0) is 53.5 Å². The van der Waals surface area contributed by atoms with Gasteiger partial charge in [-0.3, -0.25) is 4.21 Å². The van der Waals surface area contributed by atoms with Gasteiger partial charge in [-0.25, -0.2) is 0 Å². The maximum Gasteiger partial charge on any atom is 0.0919 e. The van der Waals surface area contributed by atoms with Crippen molar-refractivity contribution < 1.29 is 9.32 Å². The summed E-state index contributed by atoms with van der Waals surface area (Å²) in [7, 11) is -0.763. The number of fused-ring (bicyclic) bond motifs is 5. The topological polar surface area (TPSA) is 37.3 Å². The van der Waals surface area contributed by atoms with E-state index in [0.29, 0.717) is 12.8 Å². The molecule has 1 aliphatic carbocycles. The van der Waals surface area contributed by atoms with Crippen molar-refractivity contribution >= 4 is 10.8 Å². The van der Waals surface area contributed by atoms with E-state index in [-0.39, 0.29) is 15.9 Å². The van der Waals surface area contributed by atoms with Crippen LogP contribution in [-0.2, 0) is 21.8 Å². The predicted octanol–water partition coefficient (Wildman–Crippen LogP) is 4.64. The summed E-state index contributed by atoms with van der Waals surface area (Å²) in [6.45, 7) is 4.55. The molecule has 2 saturated heterocycles. The number of hydrogen-bond acceptors (Lipinski definition) is 2. The lowest BCUT2D eigenvalue weighted by Crippen LogP contribution is -2.47. The molecule has 2 aliphatic heterocycles. The second-order valence-electron chi connectivity index (χ2n) is 8.87. The van der Waals surface area contributed by atoms with Crippen molar-refractivity contribution in [1.29, 1.82) is 0 Å². The van der Waals surface area contributed by atoms with Crippen LogP contribution in [0.1, 0.15) is 62.6 Å². The second-order valence-corrected chi connectivity index (χ2v) is 10.9. The summed E-state index contributed by atoms with van der Waals surface area (Å²) in [4.78, 5) is 0. The Kier molecular flexibility index (Phi) is 3.55. The van der Waals surface area contributed by atoms with Gasteiger partial charge in [0.2, 0.25) is 0 Å². The first kappa shape index (κ1) is 16.7. The van der Waals surface area contributed by atoms with E-state index in [4.69, 9.17) is 0 Å². The van der Waals surface area contributed by atoms with Gasteiger partial charge in [-0.1, -0.05) is 62.7 Å². The molecule has 1 N–H and O–H groups in total. The van der Waals surface area contributed by atoms with Crippen LogP contribution in [0.2, 0.25) is 0 Å². The standard InChI is InChI=1S/C23H26O2S/c1-22(2)20-9-4-3-8-18(20)19-11-10-15(12-21(19)22)23(24)13-16-6-5-7-17(14-23)26(16)25/h3-4,8-12,16-17,24H,5-7,13-14H2,1-2H3. The molecule has 2 unspecified atom stereocenters. The van der Waals surface area contributed by atoms with E-state index in [9.17, 15) is 9.32 Å². The first-order chi connectivity index (χ1) is 12.4. The lowest BCUT2D eigenvalue weighted by Gasteiger charge is -2.44. The highest BCUT2D eigenvalue weighted by Gasteiger charge is 2.47. The molecule has 0 radical (unpaired) electrons. The van der Waals surface area contributed by atoms with Gasteiger partial charge in [0.25, 0.3) is 0 Å². The van der Waals surface area contributed by atoms with Crippen molar-refractivity contribution in [3.8, 4) is 11.1 Å². The quantitative estimate of drug-likeness (QED) is 0.798. The molecule has 0 amide bonds. The van der Waals surface area contributed by atoms with Crippen LogP contribution in [0.5, 0.6) is 0 Å². The highest BCUT2D eigenvalue weighted by Crippen LogP contribution is 2.51. The van der Waals surface area contributed by atoms with Crippen molar-refractivity contribution in [3.05, 3.63) is 59.2 Å². The maximum atomic E-state index is 12.6. The molecule has 2 nitrogen and oxygen atoms in total. The minimum Gasteiger partial charge on any atom is -0.385 e. The predicted molar refractivity (Wildman–Crippen MR) is 107 cm³/mol. The smallest absolute Gasteiger partial charge is 0.0919 e. The normalized spacial score (nSPS) is 34.2. The summed E-state index contributed by atoms with van der Waals surface area (Å²) in [5.41, 5.74) is 5.41. The van der Waals surface area contributed by atoms with Crippen LogP contribution in [-0.4, -0.2) is 19.8 Å². The summed E-state index contributed by atoms with van der Waals surface area (Å²) in [5, 5.41) is 11.9.